The largest absolute Gasteiger partial charge is 0.497 e. The first-order valence-corrected chi connectivity index (χ1v) is 9.27. The number of nitrogens with zero attached hydrogens (tertiary/aromatic N) is 2. The molecule has 1 aromatic heterocycles. The van der Waals surface area contributed by atoms with Crippen molar-refractivity contribution in [3.8, 4) is 17.2 Å². The summed E-state index contributed by atoms with van der Waals surface area (Å²) >= 11 is 6.10. The minimum atomic E-state index is -0.530. The van der Waals surface area contributed by atoms with Crippen LogP contribution >= 0.6 is 11.6 Å². The standard InChI is InChI=1S/C21H17ClN2O5/c1-27-15-5-2-13(3-6-15)11-24-12-18(22)23-19(21(24)26)20(25)14-4-7-16-17(10-14)29-9-8-28-16/h2-7,10,12H,8-9,11H2,1H3. The van der Waals surface area contributed by atoms with Gasteiger partial charge in [0.05, 0.1) is 13.7 Å². The van der Waals surface area contributed by atoms with E-state index >= 15 is 0 Å². The Hall–Kier alpha value is -3.32. The third-order valence-electron chi connectivity index (χ3n) is 4.48. The molecule has 1 aliphatic rings. The van der Waals surface area contributed by atoms with E-state index in [-0.39, 0.29) is 23.0 Å². The Kier molecular flexibility index (Phi) is 5.22. The average molecular weight is 413 g/mol. The number of carbonyl (C=O) groups is 1. The van der Waals surface area contributed by atoms with E-state index in [1.165, 1.54) is 10.8 Å². The quantitative estimate of drug-likeness (QED) is 0.599. The number of carbonyl (C=O) groups excluding carboxylic acids is 1. The molecule has 148 valence electrons. The van der Waals surface area contributed by atoms with Crippen molar-refractivity contribution in [3.05, 3.63) is 81.0 Å². The first kappa shape index (κ1) is 19.0. The summed E-state index contributed by atoms with van der Waals surface area (Å²) in [6, 6.07) is 12.0. The zero-order valence-corrected chi connectivity index (χ0v) is 16.3. The fourth-order valence-corrected chi connectivity index (χ4v) is 3.22. The van der Waals surface area contributed by atoms with E-state index in [2.05, 4.69) is 4.98 Å². The third-order valence-corrected chi connectivity index (χ3v) is 4.66. The van der Waals surface area contributed by atoms with Crippen LogP contribution in [0.4, 0.5) is 0 Å². The van der Waals surface area contributed by atoms with E-state index < -0.39 is 11.3 Å². The Morgan fingerprint density at radius 1 is 1.14 bits per heavy atom. The molecule has 0 N–H and O–H groups in total. The van der Waals surface area contributed by atoms with Crippen molar-refractivity contribution in [2.75, 3.05) is 20.3 Å². The molecular weight excluding hydrogens is 396 g/mol. The number of ether oxygens (including phenoxy) is 3. The summed E-state index contributed by atoms with van der Waals surface area (Å²) in [5.41, 5.74) is 0.359. The smallest absolute Gasteiger partial charge is 0.280 e. The van der Waals surface area contributed by atoms with Crippen molar-refractivity contribution in [1.82, 2.24) is 9.55 Å². The van der Waals surface area contributed by atoms with Gasteiger partial charge in [-0.3, -0.25) is 9.59 Å². The van der Waals surface area contributed by atoms with E-state index in [1.54, 1.807) is 37.4 Å². The zero-order valence-electron chi connectivity index (χ0n) is 15.6. The number of hydrogen-bond acceptors (Lipinski definition) is 6. The molecule has 0 aliphatic carbocycles. The number of rotatable bonds is 5. The lowest BCUT2D eigenvalue weighted by atomic mass is 10.1. The highest BCUT2D eigenvalue weighted by Crippen LogP contribution is 2.31. The van der Waals surface area contributed by atoms with Gasteiger partial charge in [0.15, 0.2) is 17.2 Å². The van der Waals surface area contributed by atoms with Crippen LogP contribution in [0.5, 0.6) is 17.2 Å². The first-order valence-electron chi connectivity index (χ1n) is 8.89. The molecule has 0 bridgehead atoms. The Bertz CT molecular complexity index is 1120. The summed E-state index contributed by atoms with van der Waals surface area (Å²) in [7, 11) is 1.58. The number of hydrogen-bond donors (Lipinski definition) is 0. The van der Waals surface area contributed by atoms with E-state index in [4.69, 9.17) is 25.8 Å². The molecule has 0 saturated carbocycles. The normalized spacial score (nSPS) is 12.5. The molecule has 0 saturated heterocycles. The van der Waals surface area contributed by atoms with Gasteiger partial charge in [-0.05, 0) is 35.9 Å². The molecular formula is C21H17ClN2O5. The van der Waals surface area contributed by atoms with Gasteiger partial charge in [-0.2, -0.15) is 0 Å². The second kappa shape index (κ2) is 7.97. The number of methoxy groups -OCH3 is 1. The van der Waals surface area contributed by atoms with Gasteiger partial charge in [0, 0.05) is 11.8 Å². The van der Waals surface area contributed by atoms with Crippen molar-refractivity contribution < 1.29 is 19.0 Å². The minimum absolute atomic E-state index is 0.0546. The molecule has 0 amide bonds. The van der Waals surface area contributed by atoms with Crippen molar-refractivity contribution in [2.24, 2.45) is 0 Å². The van der Waals surface area contributed by atoms with E-state index in [0.717, 1.165) is 5.56 Å². The Labute approximate surface area is 171 Å². The average Bonchev–Trinajstić information content (AvgIpc) is 2.75. The minimum Gasteiger partial charge on any atom is -0.497 e. The van der Waals surface area contributed by atoms with Crippen molar-refractivity contribution in [3.63, 3.8) is 0 Å². The Morgan fingerprint density at radius 3 is 2.59 bits per heavy atom. The Morgan fingerprint density at radius 2 is 1.86 bits per heavy atom. The summed E-state index contributed by atoms with van der Waals surface area (Å²) in [6.07, 6.45) is 1.41. The summed E-state index contributed by atoms with van der Waals surface area (Å²) in [5, 5.41) is 0.0546. The molecule has 3 aromatic rings. The third kappa shape index (κ3) is 3.95. The second-order valence-corrected chi connectivity index (χ2v) is 6.77. The van der Waals surface area contributed by atoms with Gasteiger partial charge in [-0.25, -0.2) is 4.98 Å². The molecule has 0 fully saturated rings. The molecule has 1 aliphatic heterocycles. The van der Waals surface area contributed by atoms with Crippen molar-refractivity contribution in [2.45, 2.75) is 6.54 Å². The molecule has 0 spiro atoms. The van der Waals surface area contributed by atoms with E-state index in [0.29, 0.717) is 30.5 Å². The van der Waals surface area contributed by atoms with Crippen molar-refractivity contribution in [1.29, 1.82) is 0 Å². The highest BCUT2D eigenvalue weighted by atomic mass is 35.5. The maximum atomic E-state index is 12.9. The zero-order chi connectivity index (χ0) is 20.4. The number of benzene rings is 2. The lowest BCUT2D eigenvalue weighted by Crippen LogP contribution is -2.28. The molecule has 0 unspecified atom stereocenters. The van der Waals surface area contributed by atoms with Gasteiger partial charge in [-0.1, -0.05) is 23.7 Å². The van der Waals surface area contributed by atoms with Crippen LogP contribution in [0, 0.1) is 0 Å². The predicted molar refractivity (Wildman–Crippen MR) is 106 cm³/mol. The van der Waals surface area contributed by atoms with Crippen LogP contribution in [-0.2, 0) is 6.54 Å². The van der Waals surface area contributed by atoms with Crippen LogP contribution in [0.1, 0.15) is 21.6 Å². The molecule has 7 nitrogen and oxygen atoms in total. The van der Waals surface area contributed by atoms with E-state index in [1.807, 2.05) is 12.1 Å². The second-order valence-electron chi connectivity index (χ2n) is 6.38. The van der Waals surface area contributed by atoms with Gasteiger partial charge < -0.3 is 18.8 Å². The SMILES string of the molecule is COc1ccc(Cn2cc(Cl)nc(C(=O)c3ccc4c(c3)OCCO4)c2=O)cc1. The fourth-order valence-electron chi connectivity index (χ4n) is 3.02. The van der Waals surface area contributed by atoms with Crippen LogP contribution in [0.3, 0.4) is 0 Å². The molecule has 0 atom stereocenters. The summed E-state index contributed by atoms with van der Waals surface area (Å²) in [4.78, 5) is 29.8. The Balaban J connectivity index is 1.67. The maximum absolute atomic E-state index is 12.9. The molecule has 0 radical (unpaired) electrons. The van der Waals surface area contributed by atoms with Crippen LogP contribution in [-0.4, -0.2) is 35.7 Å². The van der Waals surface area contributed by atoms with Crippen LogP contribution < -0.4 is 19.8 Å². The molecule has 29 heavy (non-hydrogen) atoms. The highest BCUT2D eigenvalue weighted by molar-refractivity contribution is 6.29. The molecule has 4 rings (SSSR count). The van der Waals surface area contributed by atoms with E-state index in [9.17, 15) is 9.59 Å². The predicted octanol–water partition coefficient (Wildman–Crippen LogP) is 2.96. The van der Waals surface area contributed by atoms with Crippen LogP contribution in [0.15, 0.2) is 53.5 Å². The van der Waals surface area contributed by atoms with Gasteiger partial charge in [-0.15, -0.1) is 0 Å². The molecule has 8 heteroatoms. The topological polar surface area (TPSA) is 79.7 Å². The monoisotopic (exact) mass is 412 g/mol. The van der Waals surface area contributed by atoms with Crippen molar-refractivity contribution >= 4 is 17.4 Å². The van der Waals surface area contributed by atoms with Crippen LogP contribution in [0.25, 0.3) is 0 Å². The van der Waals surface area contributed by atoms with Gasteiger partial charge in [0.2, 0.25) is 5.78 Å². The molecule has 2 aromatic carbocycles. The van der Waals surface area contributed by atoms with Crippen LogP contribution in [0.2, 0.25) is 5.15 Å². The van der Waals surface area contributed by atoms with Gasteiger partial charge in [0.25, 0.3) is 5.56 Å². The highest BCUT2D eigenvalue weighted by Gasteiger charge is 2.21. The lowest BCUT2D eigenvalue weighted by Gasteiger charge is -2.18. The maximum Gasteiger partial charge on any atom is 0.280 e. The summed E-state index contributed by atoms with van der Waals surface area (Å²) in [5.74, 6) is 1.20. The first-order chi connectivity index (χ1) is 14.0. The lowest BCUT2D eigenvalue weighted by molar-refractivity contribution is 0.103. The number of fused-ring (bicyclic) bond motifs is 1. The number of aromatic nitrogens is 2. The fraction of sp³-hybridized carbons (Fsp3) is 0.190. The summed E-state index contributed by atoms with van der Waals surface area (Å²) < 4.78 is 17.5. The van der Waals surface area contributed by atoms with Gasteiger partial charge >= 0.3 is 0 Å². The number of halogens is 1. The summed E-state index contributed by atoms with van der Waals surface area (Å²) in [6.45, 7) is 1.09. The molecule has 2 heterocycles. The number of ketones is 1. The van der Waals surface area contributed by atoms with Gasteiger partial charge in [0.1, 0.15) is 24.1 Å².